The molecule has 0 saturated heterocycles. The molecule has 0 spiro atoms. The summed E-state index contributed by atoms with van der Waals surface area (Å²) < 4.78 is 13.8. The Kier molecular flexibility index (Phi) is 4.14. The molecule has 6 nitrogen and oxygen atoms in total. The van der Waals surface area contributed by atoms with Gasteiger partial charge in [-0.2, -0.15) is 10.2 Å². The molecule has 29 heavy (non-hydrogen) atoms. The lowest BCUT2D eigenvalue weighted by Crippen LogP contribution is -2.23. The highest BCUT2D eigenvalue weighted by Gasteiger charge is 2.27. The second-order valence-corrected chi connectivity index (χ2v) is 7.12. The molecule has 4 aromatic rings. The molecule has 0 N–H and O–H groups in total. The fraction of sp³-hybridized carbons (Fsp3) is 0.174. The van der Waals surface area contributed by atoms with Gasteiger partial charge in [-0.3, -0.25) is 9.55 Å². The van der Waals surface area contributed by atoms with Gasteiger partial charge in [-0.05, 0) is 43.3 Å². The summed E-state index contributed by atoms with van der Waals surface area (Å²) in [5, 5.41) is 9.02. The van der Waals surface area contributed by atoms with Crippen molar-refractivity contribution in [1.82, 2.24) is 14.5 Å². The molecule has 0 fully saturated rings. The number of rotatable bonds is 4. The highest BCUT2D eigenvalue weighted by molar-refractivity contribution is 5.78. The first-order valence-electron chi connectivity index (χ1n) is 9.42. The lowest BCUT2D eigenvalue weighted by Gasteiger charge is -2.12. The van der Waals surface area contributed by atoms with Gasteiger partial charge in [0.15, 0.2) is 6.10 Å². The Labute approximate surface area is 168 Å². The van der Waals surface area contributed by atoms with Crippen molar-refractivity contribution in [3.8, 4) is 29.1 Å². The van der Waals surface area contributed by atoms with Crippen molar-refractivity contribution in [2.75, 3.05) is 6.61 Å². The number of nitrogens with zero attached hydrogens (tertiary/aromatic N) is 4. The van der Waals surface area contributed by atoms with E-state index in [9.17, 15) is 0 Å². The summed E-state index contributed by atoms with van der Waals surface area (Å²) in [7, 11) is 0. The van der Waals surface area contributed by atoms with Crippen LogP contribution in [0.15, 0.2) is 60.8 Å². The molecule has 6 heteroatoms. The molecule has 1 aliphatic heterocycles. The molecule has 0 bridgehead atoms. The molecule has 0 amide bonds. The lowest BCUT2D eigenvalue weighted by atomic mass is 10.1. The second-order valence-electron chi connectivity index (χ2n) is 7.12. The lowest BCUT2D eigenvalue weighted by molar-refractivity contribution is 0.143. The summed E-state index contributed by atoms with van der Waals surface area (Å²) >= 11 is 0. The van der Waals surface area contributed by atoms with Crippen molar-refractivity contribution in [3.63, 3.8) is 0 Å². The van der Waals surface area contributed by atoms with E-state index >= 15 is 0 Å². The van der Waals surface area contributed by atoms with Gasteiger partial charge in [-0.15, -0.1) is 0 Å². The highest BCUT2D eigenvalue weighted by Crippen LogP contribution is 2.29. The largest absolute Gasteiger partial charge is 0.488 e. The summed E-state index contributed by atoms with van der Waals surface area (Å²) in [4.78, 5) is 8.99. The van der Waals surface area contributed by atoms with E-state index in [-0.39, 0.29) is 6.10 Å². The fourth-order valence-corrected chi connectivity index (χ4v) is 3.55. The third-order valence-electron chi connectivity index (χ3n) is 4.99. The van der Waals surface area contributed by atoms with Gasteiger partial charge in [0.05, 0.1) is 41.1 Å². The number of benzene rings is 2. The molecule has 0 unspecified atom stereocenters. The van der Waals surface area contributed by atoms with Crippen LogP contribution in [0.1, 0.15) is 11.1 Å². The maximum atomic E-state index is 9.02. The Balaban J connectivity index is 1.24. The Morgan fingerprint density at radius 3 is 2.93 bits per heavy atom. The summed E-state index contributed by atoms with van der Waals surface area (Å²) in [6, 6.07) is 20.3. The average molecular weight is 382 g/mol. The molecule has 142 valence electrons. The van der Waals surface area contributed by atoms with E-state index in [1.807, 2.05) is 34.9 Å². The standard InChI is InChI=1S/C23H18N4O2/c1-15-3-2-4-17(9-15)20-7-6-18(12-25-20)28-14-19-13-27-22-8-5-16(11-24)10-21(22)26-23(27)29-19/h2-10,12,19H,13-14H2,1H3/t19-/m0/s1. The number of fused-ring (bicyclic) bond motifs is 3. The smallest absolute Gasteiger partial charge is 0.297 e. The van der Waals surface area contributed by atoms with Gasteiger partial charge in [0.25, 0.3) is 6.01 Å². The van der Waals surface area contributed by atoms with Gasteiger partial charge >= 0.3 is 0 Å². The molecule has 1 atom stereocenters. The first-order chi connectivity index (χ1) is 14.2. The van der Waals surface area contributed by atoms with Crippen LogP contribution in [0.25, 0.3) is 22.3 Å². The van der Waals surface area contributed by atoms with Crippen LogP contribution in [0.3, 0.4) is 0 Å². The van der Waals surface area contributed by atoms with Crippen LogP contribution in [-0.4, -0.2) is 27.2 Å². The van der Waals surface area contributed by atoms with Crippen molar-refractivity contribution in [1.29, 1.82) is 5.26 Å². The van der Waals surface area contributed by atoms with Crippen LogP contribution < -0.4 is 9.47 Å². The fourth-order valence-electron chi connectivity index (χ4n) is 3.55. The number of hydrogen-bond donors (Lipinski definition) is 0. The van der Waals surface area contributed by atoms with Crippen molar-refractivity contribution >= 4 is 11.0 Å². The zero-order valence-electron chi connectivity index (χ0n) is 15.9. The topological polar surface area (TPSA) is 73.0 Å². The predicted molar refractivity (Wildman–Crippen MR) is 109 cm³/mol. The average Bonchev–Trinajstić information content (AvgIpc) is 3.29. The first-order valence-corrected chi connectivity index (χ1v) is 9.42. The van der Waals surface area contributed by atoms with Crippen molar-refractivity contribution in [3.05, 3.63) is 71.9 Å². The normalized spacial score (nSPS) is 15.0. The minimum atomic E-state index is -0.117. The van der Waals surface area contributed by atoms with Crippen LogP contribution in [0.2, 0.25) is 0 Å². The second kappa shape index (κ2) is 6.95. The maximum absolute atomic E-state index is 9.02. The molecule has 3 heterocycles. The Bertz CT molecular complexity index is 1240. The van der Waals surface area contributed by atoms with Gasteiger partial charge < -0.3 is 9.47 Å². The van der Waals surface area contributed by atoms with E-state index in [1.54, 1.807) is 18.3 Å². The third kappa shape index (κ3) is 3.27. The molecular weight excluding hydrogens is 364 g/mol. The van der Waals surface area contributed by atoms with Crippen LogP contribution in [0.5, 0.6) is 11.8 Å². The highest BCUT2D eigenvalue weighted by atomic mass is 16.6. The molecule has 0 aliphatic carbocycles. The zero-order valence-corrected chi connectivity index (χ0v) is 15.9. The zero-order chi connectivity index (χ0) is 19.8. The number of imidazole rings is 1. The molecule has 5 rings (SSSR count). The molecule has 0 saturated carbocycles. The van der Waals surface area contributed by atoms with Crippen molar-refractivity contribution in [2.45, 2.75) is 19.6 Å². The minimum absolute atomic E-state index is 0.117. The van der Waals surface area contributed by atoms with Crippen LogP contribution in [-0.2, 0) is 6.54 Å². The quantitative estimate of drug-likeness (QED) is 0.531. The number of pyridine rings is 1. The number of ether oxygens (including phenoxy) is 2. The van der Waals surface area contributed by atoms with Crippen LogP contribution >= 0.6 is 0 Å². The van der Waals surface area contributed by atoms with E-state index in [0.29, 0.717) is 30.5 Å². The maximum Gasteiger partial charge on any atom is 0.297 e. The van der Waals surface area contributed by atoms with Crippen LogP contribution in [0, 0.1) is 18.3 Å². The van der Waals surface area contributed by atoms with E-state index in [2.05, 4.69) is 35.1 Å². The van der Waals surface area contributed by atoms with E-state index in [4.69, 9.17) is 14.7 Å². The summed E-state index contributed by atoms with van der Waals surface area (Å²) in [6.45, 7) is 3.14. The predicted octanol–water partition coefficient (Wildman–Crippen LogP) is 4.12. The van der Waals surface area contributed by atoms with Gasteiger partial charge in [0, 0.05) is 5.56 Å². The van der Waals surface area contributed by atoms with Gasteiger partial charge in [-0.1, -0.05) is 23.8 Å². The van der Waals surface area contributed by atoms with E-state index in [1.165, 1.54) is 5.56 Å². The first kappa shape index (κ1) is 17.3. The van der Waals surface area contributed by atoms with Gasteiger partial charge in [0.2, 0.25) is 0 Å². The SMILES string of the molecule is Cc1cccc(-c2ccc(OC[C@@H]3Cn4c(nc5cc(C#N)ccc54)O3)cn2)c1. The van der Waals surface area contributed by atoms with Gasteiger partial charge in [-0.25, -0.2) is 0 Å². The summed E-state index contributed by atoms with van der Waals surface area (Å²) in [6.07, 6.45) is 1.62. The number of aromatic nitrogens is 3. The Hall–Kier alpha value is -3.85. The van der Waals surface area contributed by atoms with Crippen molar-refractivity contribution < 1.29 is 9.47 Å². The minimum Gasteiger partial charge on any atom is -0.488 e. The Morgan fingerprint density at radius 2 is 2.14 bits per heavy atom. The molecule has 2 aromatic heterocycles. The molecule has 1 aliphatic rings. The Morgan fingerprint density at radius 1 is 1.21 bits per heavy atom. The monoisotopic (exact) mass is 382 g/mol. The molecule has 2 aromatic carbocycles. The van der Waals surface area contributed by atoms with Crippen LogP contribution in [0.4, 0.5) is 0 Å². The number of hydrogen-bond acceptors (Lipinski definition) is 5. The van der Waals surface area contributed by atoms with E-state index < -0.39 is 0 Å². The van der Waals surface area contributed by atoms with Crippen molar-refractivity contribution in [2.24, 2.45) is 0 Å². The number of nitriles is 1. The third-order valence-corrected chi connectivity index (χ3v) is 4.99. The van der Waals surface area contributed by atoms with Gasteiger partial charge in [0.1, 0.15) is 12.4 Å². The molecular formula is C23H18N4O2. The van der Waals surface area contributed by atoms with E-state index in [0.717, 1.165) is 22.3 Å². The molecule has 0 radical (unpaired) electrons. The summed E-state index contributed by atoms with van der Waals surface area (Å²) in [5.41, 5.74) is 5.54. The number of aryl methyl sites for hydroxylation is 1. The summed E-state index contributed by atoms with van der Waals surface area (Å²) in [5.74, 6) is 0.707.